The van der Waals surface area contributed by atoms with Gasteiger partial charge in [0.25, 0.3) is 0 Å². The van der Waals surface area contributed by atoms with Gasteiger partial charge in [-0.25, -0.2) is 0 Å². The van der Waals surface area contributed by atoms with Crippen molar-refractivity contribution in [2.24, 2.45) is 17.6 Å². The Morgan fingerprint density at radius 1 is 1.29 bits per heavy atom. The topological polar surface area (TPSA) is 107 Å². The molecule has 1 aromatic heterocycles. The van der Waals surface area contributed by atoms with Gasteiger partial charge in [0.15, 0.2) is 0 Å². The molecular weight excluding hydrogens is 354 g/mol. The molecule has 7 heteroatoms. The van der Waals surface area contributed by atoms with Crippen LogP contribution in [0.3, 0.4) is 0 Å². The molecule has 1 amide bonds. The van der Waals surface area contributed by atoms with Gasteiger partial charge in [-0.2, -0.15) is 0 Å². The summed E-state index contributed by atoms with van der Waals surface area (Å²) < 4.78 is 0. The summed E-state index contributed by atoms with van der Waals surface area (Å²) in [5.41, 5.74) is 7.31. The predicted octanol–water partition coefficient (Wildman–Crippen LogP) is 1.04. The molecule has 3 heterocycles. The van der Waals surface area contributed by atoms with Crippen molar-refractivity contribution in [2.45, 2.75) is 31.8 Å². The van der Waals surface area contributed by atoms with Crippen LogP contribution in [0.5, 0.6) is 0 Å². The van der Waals surface area contributed by atoms with E-state index in [0.717, 1.165) is 50.0 Å². The number of rotatable bonds is 6. The minimum absolute atomic E-state index is 0.0288. The number of amides is 1. The maximum atomic E-state index is 12.9. The molecule has 0 saturated carbocycles. The number of nitrogens with two attached hydrogens (primary N) is 1. The van der Waals surface area contributed by atoms with Gasteiger partial charge in [0.05, 0.1) is 6.10 Å². The maximum absolute atomic E-state index is 12.9. The average Bonchev–Trinajstić information content (AvgIpc) is 2.74. The summed E-state index contributed by atoms with van der Waals surface area (Å²) in [4.78, 5) is 21.4. The molecule has 2 unspecified atom stereocenters. The lowest BCUT2D eigenvalue weighted by Crippen LogP contribution is -2.50. The molecule has 1 aromatic rings. The van der Waals surface area contributed by atoms with Crippen LogP contribution in [0.4, 0.5) is 0 Å². The van der Waals surface area contributed by atoms with Gasteiger partial charge in [-0.1, -0.05) is 6.07 Å². The minimum Gasteiger partial charge on any atom is -0.404 e. The molecule has 0 bridgehead atoms. The molecule has 0 spiro atoms. The maximum Gasteiger partial charge on any atom is 0.225 e. The number of piperidine rings is 2. The van der Waals surface area contributed by atoms with Crippen LogP contribution in [0.25, 0.3) is 0 Å². The van der Waals surface area contributed by atoms with Crippen molar-refractivity contribution in [2.75, 3.05) is 32.7 Å². The first-order chi connectivity index (χ1) is 13.6. The Hall–Kier alpha value is -2.25. The number of pyridine rings is 1. The predicted molar refractivity (Wildman–Crippen MR) is 109 cm³/mol. The van der Waals surface area contributed by atoms with E-state index in [1.807, 2.05) is 23.1 Å². The van der Waals surface area contributed by atoms with E-state index in [2.05, 4.69) is 9.88 Å². The van der Waals surface area contributed by atoms with Crippen LogP contribution >= 0.6 is 0 Å². The van der Waals surface area contributed by atoms with Gasteiger partial charge >= 0.3 is 0 Å². The third-order valence-electron chi connectivity index (χ3n) is 5.97. The zero-order chi connectivity index (χ0) is 19.9. The molecule has 0 aliphatic carbocycles. The first-order valence-electron chi connectivity index (χ1n) is 10.1. The van der Waals surface area contributed by atoms with Gasteiger partial charge in [0.2, 0.25) is 5.91 Å². The number of likely N-dealkylation sites (tertiary alicyclic amines) is 2. The van der Waals surface area contributed by atoms with Crippen molar-refractivity contribution < 1.29 is 9.90 Å². The van der Waals surface area contributed by atoms with E-state index in [9.17, 15) is 9.90 Å². The van der Waals surface area contributed by atoms with Gasteiger partial charge in [0.1, 0.15) is 0 Å². The number of β-amino-alcohol motifs (C(OH)–C–C–N with tert-alkyl or cyclic N) is 1. The van der Waals surface area contributed by atoms with E-state index in [0.29, 0.717) is 19.6 Å². The second-order valence-electron chi connectivity index (χ2n) is 7.86. The SMILES string of the molecule is N=C/C(=C\N)CN1CCC(C(=O)N2CCC(Cc3ccccn3)C(O)C2)CC1. The van der Waals surface area contributed by atoms with E-state index < -0.39 is 6.10 Å². The van der Waals surface area contributed by atoms with Crippen molar-refractivity contribution in [1.82, 2.24) is 14.8 Å². The number of carbonyl (C=O) groups excluding carboxylic acids is 1. The number of hydrogen-bond donors (Lipinski definition) is 3. The molecule has 28 heavy (non-hydrogen) atoms. The van der Waals surface area contributed by atoms with Gasteiger partial charge in [-0.3, -0.25) is 14.7 Å². The Kier molecular flexibility index (Phi) is 7.17. The lowest BCUT2D eigenvalue weighted by Gasteiger charge is -2.39. The number of hydrogen-bond acceptors (Lipinski definition) is 6. The Morgan fingerprint density at radius 2 is 2.07 bits per heavy atom. The zero-order valence-corrected chi connectivity index (χ0v) is 16.3. The van der Waals surface area contributed by atoms with Gasteiger partial charge in [0, 0.05) is 43.7 Å². The fourth-order valence-electron chi connectivity index (χ4n) is 4.21. The molecule has 2 aliphatic rings. The molecule has 2 atom stereocenters. The fraction of sp³-hybridized carbons (Fsp3) is 0.571. The van der Waals surface area contributed by atoms with E-state index in [1.165, 1.54) is 12.4 Å². The summed E-state index contributed by atoms with van der Waals surface area (Å²) in [6.07, 6.45) is 7.25. The van der Waals surface area contributed by atoms with E-state index in [-0.39, 0.29) is 17.7 Å². The largest absolute Gasteiger partial charge is 0.404 e. The lowest BCUT2D eigenvalue weighted by atomic mass is 9.87. The smallest absolute Gasteiger partial charge is 0.225 e. The molecule has 2 saturated heterocycles. The highest BCUT2D eigenvalue weighted by molar-refractivity contribution is 5.79. The van der Waals surface area contributed by atoms with Crippen molar-refractivity contribution in [1.29, 1.82) is 5.41 Å². The van der Waals surface area contributed by atoms with E-state index >= 15 is 0 Å². The number of aromatic nitrogens is 1. The van der Waals surface area contributed by atoms with Crippen molar-refractivity contribution in [3.63, 3.8) is 0 Å². The second-order valence-corrected chi connectivity index (χ2v) is 7.86. The van der Waals surface area contributed by atoms with E-state index in [4.69, 9.17) is 11.1 Å². The van der Waals surface area contributed by atoms with Gasteiger partial charge in [-0.05, 0) is 68.6 Å². The Labute approximate surface area is 166 Å². The quantitative estimate of drug-likeness (QED) is 0.634. The zero-order valence-electron chi connectivity index (χ0n) is 16.3. The summed E-state index contributed by atoms with van der Waals surface area (Å²) in [6, 6.07) is 5.85. The first kappa shape index (κ1) is 20.5. The molecular formula is C21H31N5O2. The van der Waals surface area contributed by atoms with Crippen molar-refractivity contribution >= 4 is 12.1 Å². The molecule has 7 nitrogen and oxygen atoms in total. The summed E-state index contributed by atoms with van der Waals surface area (Å²) >= 11 is 0. The van der Waals surface area contributed by atoms with Gasteiger partial charge < -0.3 is 21.1 Å². The average molecular weight is 386 g/mol. The molecule has 0 aromatic carbocycles. The van der Waals surface area contributed by atoms with Crippen LogP contribution in [0.2, 0.25) is 0 Å². The number of aliphatic hydroxyl groups excluding tert-OH is 1. The Bertz CT molecular complexity index is 685. The highest BCUT2D eigenvalue weighted by atomic mass is 16.3. The highest BCUT2D eigenvalue weighted by Crippen LogP contribution is 2.26. The van der Waals surface area contributed by atoms with Crippen LogP contribution in [-0.2, 0) is 11.2 Å². The summed E-state index contributed by atoms with van der Waals surface area (Å²) in [6.45, 7) is 3.46. The minimum atomic E-state index is -0.496. The van der Waals surface area contributed by atoms with Crippen LogP contribution in [0, 0.1) is 17.2 Å². The second kappa shape index (κ2) is 9.80. The summed E-state index contributed by atoms with van der Waals surface area (Å²) in [7, 11) is 0. The molecule has 2 fully saturated rings. The van der Waals surface area contributed by atoms with Crippen LogP contribution in [0.15, 0.2) is 36.2 Å². The van der Waals surface area contributed by atoms with E-state index in [1.54, 1.807) is 6.20 Å². The standard InChI is InChI=1S/C21H31N5O2/c22-12-16(13-23)14-25-8-4-17(5-9-25)21(28)26-10-6-18(20(27)15-26)11-19-3-1-2-7-24-19/h1-3,7,12-13,17-18,20,22,27H,4-6,8-11,14-15,23H2/b16-13+,22-12?. The molecule has 3 rings (SSSR count). The number of nitrogens with zero attached hydrogens (tertiary/aromatic N) is 3. The van der Waals surface area contributed by atoms with Crippen LogP contribution < -0.4 is 5.73 Å². The van der Waals surface area contributed by atoms with Crippen molar-refractivity contribution in [3.05, 3.63) is 41.9 Å². The third kappa shape index (κ3) is 5.17. The fourth-order valence-corrected chi connectivity index (χ4v) is 4.21. The Balaban J connectivity index is 1.46. The molecule has 2 aliphatic heterocycles. The molecule has 4 N–H and O–H groups in total. The summed E-state index contributed by atoms with van der Waals surface area (Å²) in [5.74, 6) is 0.362. The van der Waals surface area contributed by atoms with Crippen molar-refractivity contribution in [3.8, 4) is 0 Å². The number of carbonyl (C=O) groups is 1. The first-order valence-corrected chi connectivity index (χ1v) is 10.1. The van der Waals surface area contributed by atoms with Crippen LogP contribution in [-0.4, -0.2) is 70.8 Å². The Morgan fingerprint density at radius 3 is 2.68 bits per heavy atom. The summed E-state index contributed by atoms with van der Waals surface area (Å²) in [5, 5.41) is 17.9. The molecule has 152 valence electrons. The monoisotopic (exact) mass is 385 g/mol. The van der Waals surface area contributed by atoms with Gasteiger partial charge in [-0.15, -0.1) is 0 Å². The number of nitrogens with one attached hydrogen (secondary N) is 1. The normalized spacial score (nSPS) is 24.9. The lowest BCUT2D eigenvalue weighted by molar-refractivity contribution is -0.141. The third-order valence-corrected chi connectivity index (χ3v) is 5.97. The molecule has 0 radical (unpaired) electrons. The van der Waals surface area contributed by atoms with Crippen LogP contribution in [0.1, 0.15) is 25.0 Å². The highest BCUT2D eigenvalue weighted by Gasteiger charge is 2.34. The number of aliphatic hydroxyl groups is 1.